The van der Waals surface area contributed by atoms with Crippen molar-refractivity contribution in [2.45, 2.75) is 74.5 Å². The summed E-state index contributed by atoms with van der Waals surface area (Å²) in [6.07, 6.45) is 4.82. The summed E-state index contributed by atoms with van der Waals surface area (Å²) in [5.41, 5.74) is 3.41. The summed E-state index contributed by atoms with van der Waals surface area (Å²) in [6.45, 7) is 7.50. The number of nitrogens with zero attached hydrogens (tertiary/aromatic N) is 2. The van der Waals surface area contributed by atoms with E-state index in [1.807, 2.05) is 26.8 Å². The van der Waals surface area contributed by atoms with E-state index >= 15 is 0 Å². The van der Waals surface area contributed by atoms with Crippen molar-refractivity contribution in [1.29, 1.82) is 0 Å². The number of likely N-dealkylation sites (N-methyl/N-ethyl adjacent to an activating group) is 1. The summed E-state index contributed by atoms with van der Waals surface area (Å²) in [5.74, 6) is -1.31. The van der Waals surface area contributed by atoms with Crippen molar-refractivity contribution in [3.63, 3.8) is 0 Å². The topological polar surface area (TPSA) is 139 Å². The predicted octanol–water partition coefficient (Wildman–Crippen LogP) is 2.08. The van der Waals surface area contributed by atoms with Gasteiger partial charge in [0.25, 0.3) is 12.4 Å². The molecule has 1 aliphatic heterocycles. The minimum Gasteiger partial charge on any atom is -0.462 e. The van der Waals surface area contributed by atoms with Gasteiger partial charge in [0.15, 0.2) is 0 Å². The molecule has 2 amide bonds. The van der Waals surface area contributed by atoms with Crippen molar-refractivity contribution >= 4 is 59.1 Å². The standard InChI is InChI=1S/C19H26Cl3N5O4.C5H10O2/c1-12(25-16(28)15(23-2)9-13-5-3-7-24-10-13)17(29)27-8-4-6-14(26-27)18(30)31-11-19(20,21)22;1-5(2,3)7-4-6/h3,5,7,10,12,14-15,23,26H,4,6,8-9,11H2,1-2H3,(H,25,28);4H,1-3H3. The number of alkyl halides is 3. The number of rotatable bonds is 9. The fraction of sp³-hybridized carbons (Fsp3) is 0.625. The quantitative estimate of drug-likeness (QED) is 0.222. The fourth-order valence-electron chi connectivity index (χ4n) is 3.20. The second-order valence-corrected chi connectivity index (χ2v) is 12.0. The first-order chi connectivity index (χ1) is 17.7. The van der Waals surface area contributed by atoms with Crippen LogP contribution in [0.3, 0.4) is 0 Å². The van der Waals surface area contributed by atoms with Crippen LogP contribution in [0.2, 0.25) is 0 Å². The first kappa shape index (κ1) is 33.8. The fourth-order valence-corrected chi connectivity index (χ4v) is 3.37. The Morgan fingerprint density at radius 3 is 2.47 bits per heavy atom. The van der Waals surface area contributed by atoms with Gasteiger partial charge in [-0.3, -0.25) is 29.2 Å². The van der Waals surface area contributed by atoms with Crippen LogP contribution in [0.25, 0.3) is 0 Å². The zero-order chi connectivity index (χ0) is 28.9. The first-order valence-electron chi connectivity index (χ1n) is 12.0. The van der Waals surface area contributed by atoms with E-state index in [9.17, 15) is 19.2 Å². The number of aromatic nitrogens is 1. The number of hydrogen-bond donors (Lipinski definition) is 3. The number of pyridine rings is 1. The van der Waals surface area contributed by atoms with E-state index in [0.717, 1.165) is 5.56 Å². The van der Waals surface area contributed by atoms with E-state index in [4.69, 9.17) is 39.5 Å². The SMILES string of the molecule is CC(C)(C)OC=O.CNC(Cc1cccnc1)C(=O)NC(C)C(=O)N1CCCC(C(=O)OCC(Cl)(Cl)Cl)N1. The summed E-state index contributed by atoms with van der Waals surface area (Å²) in [5, 5.41) is 6.97. The Hall–Kier alpha value is -2.18. The van der Waals surface area contributed by atoms with Crippen molar-refractivity contribution in [3.05, 3.63) is 30.1 Å². The normalized spacial score (nSPS) is 17.3. The highest BCUT2D eigenvalue weighted by molar-refractivity contribution is 6.67. The van der Waals surface area contributed by atoms with Crippen molar-refractivity contribution in [1.82, 2.24) is 26.1 Å². The molecule has 214 valence electrons. The lowest BCUT2D eigenvalue weighted by Crippen LogP contribution is -2.60. The third kappa shape index (κ3) is 13.6. The molecular weight excluding hydrogens is 561 g/mol. The monoisotopic (exact) mass is 595 g/mol. The maximum atomic E-state index is 12.8. The lowest BCUT2D eigenvalue weighted by Gasteiger charge is -2.34. The molecule has 38 heavy (non-hydrogen) atoms. The highest BCUT2D eigenvalue weighted by Crippen LogP contribution is 2.26. The number of ether oxygens (including phenoxy) is 2. The molecule has 3 unspecified atom stereocenters. The Balaban J connectivity index is 0.000000905. The lowest BCUT2D eigenvalue weighted by atomic mass is 10.1. The number of nitrogens with one attached hydrogen (secondary N) is 3. The van der Waals surface area contributed by atoms with Crippen molar-refractivity contribution in [3.8, 4) is 0 Å². The molecule has 11 nitrogen and oxygen atoms in total. The third-order valence-electron chi connectivity index (χ3n) is 5.07. The molecule has 1 aromatic rings. The zero-order valence-corrected chi connectivity index (χ0v) is 24.4. The molecule has 0 radical (unpaired) electrons. The number of carbonyl (C=O) groups excluding carboxylic acids is 4. The Kier molecular flexibility index (Phi) is 14.3. The van der Waals surface area contributed by atoms with E-state index in [1.54, 1.807) is 32.4 Å². The van der Waals surface area contributed by atoms with Crippen LogP contribution >= 0.6 is 34.8 Å². The van der Waals surface area contributed by atoms with Gasteiger partial charge in [-0.15, -0.1) is 0 Å². The third-order valence-corrected chi connectivity index (χ3v) is 5.40. The lowest BCUT2D eigenvalue weighted by molar-refractivity contribution is -0.153. The average Bonchev–Trinajstić information content (AvgIpc) is 2.85. The number of amides is 2. The van der Waals surface area contributed by atoms with E-state index in [-0.39, 0.29) is 17.4 Å². The Morgan fingerprint density at radius 2 is 1.97 bits per heavy atom. The van der Waals surface area contributed by atoms with Gasteiger partial charge in [0.1, 0.15) is 24.3 Å². The molecule has 0 aromatic carbocycles. The number of esters is 1. The molecular formula is C24H36Cl3N5O6. The molecule has 0 spiro atoms. The molecule has 0 aliphatic carbocycles. The molecule has 0 saturated carbocycles. The number of hydrazine groups is 1. The maximum Gasteiger partial charge on any atom is 0.325 e. The summed E-state index contributed by atoms with van der Waals surface area (Å²) >= 11 is 16.8. The smallest absolute Gasteiger partial charge is 0.325 e. The number of carbonyl (C=O) groups is 4. The minimum atomic E-state index is -1.71. The molecule has 1 saturated heterocycles. The maximum absolute atomic E-state index is 12.8. The van der Waals surface area contributed by atoms with Gasteiger partial charge in [0.05, 0.1) is 6.04 Å². The first-order valence-corrected chi connectivity index (χ1v) is 13.1. The summed E-state index contributed by atoms with van der Waals surface area (Å²) in [6, 6.07) is 1.59. The van der Waals surface area contributed by atoms with Crippen LogP contribution in [0.5, 0.6) is 0 Å². The van der Waals surface area contributed by atoms with Crippen molar-refractivity contribution < 1.29 is 28.7 Å². The van der Waals surface area contributed by atoms with E-state index < -0.39 is 34.5 Å². The van der Waals surface area contributed by atoms with Gasteiger partial charge in [-0.1, -0.05) is 40.9 Å². The van der Waals surface area contributed by atoms with Crippen LogP contribution in [-0.2, 0) is 35.1 Å². The van der Waals surface area contributed by atoms with Gasteiger partial charge >= 0.3 is 5.97 Å². The highest BCUT2D eigenvalue weighted by Gasteiger charge is 2.33. The average molecular weight is 597 g/mol. The van der Waals surface area contributed by atoms with E-state index in [2.05, 4.69) is 25.8 Å². The van der Waals surface area contributed by atoms with Crippen LogP contribution in [-0.4, -0.2) is 82.0 Å². The molecule has 2 heterocycles. The van der Waals surface area contributed by atoms with Crippen LogP contribution < -0.4 is 16.1 Å². The van der Waals surface area contributed by atoms with Crippen LogP contribution in [0.1, 0.15) is 46.1 Å². The second-order valence-electron chi connectivity index (χ2n) is 9.50. The minimum absolute atomic E-state index is 0.317. The summed E-state index contributed by atoms with van der Waals surface area (Å²) < 4.78 is 7.82. The van der Waals surface area contributed by atoms with E-state index in [0.29, 0.717) is 32.3 Å². The molecule has 14 heteroatoms. The summed E-state index contributed by atoms with van der Waals surface area (Å²) in [4.78, 5) is 51.2. The van der Waals surface area contributed by atoms with Gasteiger partial charge in [0.2, 0.25) is 9.70 Å². The largest absolute Gasteiger partial charge is 0.462 e. The number of halogens is 3. The molecule has 0 bridgehead atoms. The van der Waals surface area contributed by atoms with Gasteiger partial charge in [-0.2, -0.15) is 0 Å². The molecule has 3 N–H and O–H groups in total. The zero-order valence-electron chi connectivity index (χ0n) is 22.1. The highest BCUT2D eigenvalue weighted by atomic mass is 35.6. The Bertz CT molecular complexity index is 911. The predicted molar refractivity (Wildman–Crippen MR) is 144 cm³/mol. The van der Waals surface area contributed by atoms with Crippen LogP contribution in [0.4, 0.5) is 0 Å². The van der Waals surface area contributed by atoms with Crippen molar-refractivity contribution in [2.24, 2.45) is 0 Å². The Morgan fingerprint density at radius 1 is 1.29 bits per heavy atom. The van der Waals surface area contributed by atoms with Crippen molar-refractivity contribution in [2.75, 3.05) is 20.2 Å². The van der Waals surface area contributed by atoms with Gasteiger partial charge in [-0.25, -0.2) is 5.43 Å². The van der Waals surface area contributed by atoms with Gasteiger partial charge in [-0.05, 0) is 65.6 Å². The Labute approximate surface area is 238 Å². The van der Waals surface area contributed by atoms with Gasteiger partial charge < -0.3 is 20.1 Å². The number of hydrogen-bond acceptors (Lipinski definition) is 9. The molecule has 2 rings (SSSR count). The molecule has 1 fully saturated rings. The van der Waals surface area contributed by atoms with E-state index in [1.165, 1.54) is 5.01 Å². The van der Waals surface area contributed by atoms with Crippen LogP contribution in [0, 0.1) is 0 Å². The van der Waals surface area contributed by atoms with Gasteiger partial charge in [0, 0.05) is 18.9 Å². The van der Waals surface area contributed by atoms with Crippen LogP contribution in [0.15, 0.2) is 24.5 Å². The summed E-state index contributed by atoms with van der Waals surface area (Å²) in [7, 11) is 1.67. The molecule has 3 atom stereocenters. The molecule has 1 aliphatic rings. The molecule has 1 aromatic heterocycles. The second kappa shape index (κ2) is 16.0.